The number of aryl methyl sites for hydroxylation is 1. The molecule has 0 radical (unpaired) electrons. The van der Waals surface area contributed by atoms with Crippen molar-refractivity contribution in [3.8, 4) is 5.75 Å². The molecule has 0 bridgehead atoms. The topological polar surface area (TPSA) is 73.9 Å². The van der Waals surface area contributed by atoms with Crippen molar-refractivity contribution in [1.29, 1.82) is 0 Å². The normalized spacial score (nSPS) is 11.2. The Hall–Kier alpha value is -3.67. The van der Waals surface area contributed by atoms with E-state index >= 15 is 0 Å². The lowest BCUT2D eigenvalue weighted by Crippen LogP contribution is -2.15. The van der Waals surface area contributed by atoms with Gasteiger partial charge in [-0.05, 0) is 66.1 Å². The number of benzene rings is 3. The Morgan fingerprint density at radius 1 is 0.966 bits per heavy atom. The molecule has 3 aromatic rings. The van der Waals surface area contributed by atoms with E-state index in [4.69, 9.17) is 15.3 Å². The largest absolute Gasteiger partial charge is 0.489 e. The molecule has 6 heteroatoms. The van der Waals surface area contributed by atoms with Crippen molar-refractivity contribution in [2.45, 2.75) is 20.0 Å². The summed E-state index contributed by atoms with van der Waals surface area (Å²) >= 11 is 0. The summed E-state index contributed by atoms with van der Waals surface area (Å²) in [5, 5.41) is 3.63. The van der Waals surface area contributed by atoms with Crippen LogP contribution < -0.4 is 10.5 Å². The molecule has 0 aliphatic carbocycles. The van der Waals surface area contributed by atoms with E-state index in [0.29, 0.717) is 17.7 Å². The second kappa shape index (κ2) is 9.50. The monoisotopic (exact) mass is 392 g/mol. The number of rotatable bonds is 7. The van der Waals surface area contributed by atoms with Crippen LogP contribution in [0.5, 0.6) is 5.75 Å². The fraction of sp³-hybridized carbons (Fsp3) is 0.130. The second-order valence-electron chi connectivity index (χ2n) is 6.35. The maximum atomic E-state index is 13.0. The van der Waals surface area contributed by atoms with Gasteiger partial charge in [0.15, 0.2) is 5.84 Å². The van der Waals surface area contributed by atoms with Gasteiger partial charge in [-0.2, -0.15) is 0 Å². The minimum atomic E-state index is -0.649. The lowest BCUT2D eigenvalue weighted by molar-refractivity contribution is 0.0516. The van der Waals surface area contributed by atoms with Crippen molar-refractivity contribution in [2.75, 3.05) is 0 Å². The van der Waals surface area contributed by atoms with Crippen molar-refractivity contribution < 1.29 is 18.8 Å². The number of nitrogens with two attached hydrogens (primary N) is 1. The zero-order valence-electron chi connectivity index (χ0n) is 16.0. The van der Waals surface area contributed by atoms with Gasteiger partial charge >= 0.3 is 5.97 Å². The number of carbonyl (C=O) groups excluding carboxylic acids is 1. The summed E-state index contributed by atoms with van der Waals surface area (Å²) in [6, 6.07) is 20.2. The van der Waals surface area contributed by atoms with Gasteiger partial charge in [0.05, 0.1) is 5.56 Å². The van der Waals surface area contributed by atoms with Gasteiger partial charge in [-0.3, -0.25) is 0 Å². The van der Waals surface area contributed by atoms with E-state index < -0.39 is 5.97 Å². The number of amidine groups is 1. The number of nitrogens with zero attached hydrogens (tertiary/aromatic N) is 1. The third-order valence-electron chi connectivity index (χ3n) is 4.27. The van der Waals surface area contributed by atoms with Crippen molar-refractivity contribution >= 4 is 11.8 Å². The molecule has 0 aliphatic heterocycles. The van der Waals surface area contributed by atoms with Crippen LogP contribution >= 0.6 is 0 Å². The van der Waals surface area contributed by atoms with Crippen LogP contribution in [-0.4, -0.2) is 11.8 Å². The van der Waals surface area contributed by atoms with Crippen molar-refractivity contribution in [3.05, 3.63) is 101 Å². The highest BCUT2D eigenvalue weighted by atomic mass is 19.1. The molecule has 0 aromatic heterocycles. The first-order valence-corrected chi connectivity index (χ1v) is 9.16. The predicted molar refractivity (Wildman–Crippen MR) is 109 cm³/mol. The van der Waals surface area contributed by atoms with Crippen LogP contribution in [0.1, 0.15) is 34.0 Å². The summed E-state index contributed by atoms with van der Waals surface area (Å²) in [7, 11) is 0. The zero-order valence-corrected chi connectivity index (χ0v) is 16.0. The summed E-state index contributed by atoms with van der Waals surface area (Å²) in [6.45, 7) is 2.41. The lowest BCUT2D eigenvalue weighted by Gasteiger charge is -2.08. The fourth-order valence-electron chi connectivity index (χ4n) is 2.59. The summed E-state index contributed by atoms with van der Waals surface area (Å²) in [5.41, 5.74) is 8.59. The average Bonchev–Trinajstić information content (AvgIpc) is 2.77. The summed E-state index contributed by atoms with van der Waals surface area (Å²) in [5.74, 6) is -0.302. The predicted octanol–water partition coefficient (Wildman–Crippen LogP) is 4.44. The van der Waals surface area contributed by atoms with Crippen molar-refractivity contribution in [2.24, 2.45) is 10.9 Å². The van der Waals surface area contributed by atoms with Crippen LogP contribution in [0.2, 0.25) is 0 Å². The SMILES string of the molecule is CCc1ccc(OCc2cccc(C(=O)O/N=C(\N)c3ccc(F)cc3)c2)cc1. The zero-order chi connectivity index (χ0) is 20.6. The first-order chi connectivity index (χ1) is 14.0. The molecule has 0 saturated heterocycles. The maximum absolute atomic E-state index is 13.0. The standard InChI is InChI=1S/C23H21FN2O3/c1-2-16-6-12-21(13-7-16)28-15-17-4-3-5-19(14-17)23(27)29-26-22(25)18-8-10-20(24)11-9-18/h3-14H,2,15H2,1H3,(H2,25,26). The Kier molecular flexibility index (Phi) is 6.58. The fourth-order valence-corrected chi connectivity index (χ4v) is 2.59. The quantitative estimate of drug-likeness (QED) is 0.279. The molecule has 3 aromatic carbocycles. The molecule has 2 N–H and O–H groups in total. The van der Waals surface area contributed by atoms with Gasteiger partial charge in [-0.25, -0.2) is 9.18 Å². The first kappa shape index (κ1) is 20.1. The van der Waals surface area contributed by atoms with Crippen molar-refractivity contribution in [1.82, 2.24) is 0 Å². The molecule has 0 spiro atoms. The highest BCUT2D eigenvalue weighted by molar-refractivity contribution is 5.98. The van der Waals surface area contributed by atoms with Crippen LogP contribution in [0.4, 0.5) is 4.39 Å². The Morgan fingerprint density at radius 3 is 2.38 bits per heavy atom. The van der Waals surface area contributed by atoms with E-state index in [2.05, 4.69) is 12.1 Å². The number of ether oxygens (including phenoxy) is 1. The summed E-state index contributed by atoms with van der Waals surface area (Å²) in [4.78, 5) is 17.2. The molecule has 0 fully saturated rings. The van der Waals surface area contributed by atoms with E-state index in [-0.39, 0.29) is 11.7 Å². The number of halogens is 1. The van der Waals surface area contributed by atoms with Gasteiger partial charge < -0.3 is 15.3 Å². The molecule has 0 saturated carbocycles. The smallest absolute Gasteiger partial charge is 0.365 e. The Bertz CT molecular complexity index is 999. The highest BCUT2D eigenvalue weighted by Gasteiger charge is 2.09. The van der Waals surface area contributed by atoms with Gasteiger partial charge in [0.2, 0.25) is 0 Å². The van der Waals surface area contributed by atoms with Gasteiger partial charge in [0.1, 0.15) is 18.2 Å². The molecule has 0 atom stereocenters. The minimum absolute atomic E-state index is 0.0200. The molecule has 5 nitrogen and oxygen atoms in total. The molecule has 0 aliphatic rings. The molecule has 0 heterocycles. The third kappa shape index (κ3) is 5.65. The Balaban J connectivity index is 1.61. The van der Waals surface area contributed by atoms with Crippen LogP contribution in [0.25, 0.3) is 0 Å². The van der Waals surface area contributed by atoms with E-state index in [1.807, 2.05) is 30.3 Å². The molecule has 0 amide bonds. The van der Waals surface area contributed by atoms with Gasteiger partial charge in [0, 0.05) is 5.56 Å². The lowest BCUT2D eigenvalue weighted by atomic mass is 10.1. The molecule has 148 valence electrons. The Morgan fingerprint density at radius 2 is 1.69 bits per heavy atom. The van der Waals surface area contributed by atoms with Gasteiger partial charge in [-0.1, -0.05) is 36.3 Å². The molecule has 29 heavy (non-hydrogen) atoms. The first-order valence-electron chi connectivity index (χ1n) is 9.16. The average molecular weight is 392 g/mol. The van der Waals surface area contributed by atoms with E-state index in [9.17, 15) is 9.18 Å². The second-order valence-corrected chi connectivity index (χ2v) is 6.35. The number of hydrogen-bond donors (Lipinski definition) is 1. The van der Waals surface area contributed by atoms with E-state index in [1.165, 1.54) is 29.8 Å². The van der Waals surface area contributed by atoms with Crippen molar-refractivity contribution in [3.63, 3.8) is 0 Å². The Labute approximate surface area is 168 Å². The van der Waals surface area contributed by atoms with Crippen LogP contribution in [0, 0.1) is 5.82 Å². The van der Waals surface area contributed by atoms with E-state index in [0.717, 1.165) is 17.7 Å². The third-order valence-corrected chi connectivity index (χ3v) is 4.27. The maximum Gasteiger partial charge on any atom is 0.365 e. The summed E-state index contributed by atoms with van der Waals surface area (Å²) in [6.07, 6.45) is 0.971. The van der Waals surface area contributed by atoms with Crippen LogP contribution in [0.3, 0.4) is 0 Å². The van der Waals surface area contributed by atoms with Gasteiger partial charge in [-0.15, -0.1) is 0 Å². The number of carbonyl (C=O) groups is 1. The van der Waals surface area contributed by atoms with Crippen LogP contribution in [-0.2, 0) is 17.9 Å². The molecule has 0 unspecified atom stereocenters. The van der Waals surface area contributed by atoms with Gasteiger partial charge in [0.25, 0.3) is 0 Å². The molecular weight excluding hydrogens is 371 g/mol. The number of oxime groups is 1. The van der Waals surface area contributed by atoms with Crippen LogP contribution in [0.15, 0.2) is 78.0 Å². The number of hydrogen-bond acceptors (Lipinski definition) is 4. The highest BCUT2D eigenvalue weighted by Crippen LogP contribution is 2.15. The molecular formula is C23H21FN2O3. The molecule has 3 rings (SSSR count). The van der Waals surface area contributed by atoms with E-state index in [1.54, 1.807) is 18.2 Å². The summed E-state index contributed by atoms with van der Waals surface area (Å²) < 4.78 is 18.7. The minimum Gasteiger partial charge on any atom is -0.489 e.